The molecule has 3 aromatic heterocycles. The van der Waals surface area contributed by atoms with Gasteiger partial charge in [-0.15, -0.1) is 0 Å². The van der Waals surface area contributed by atoms with Gasteiger partial charge in [-0.25, -0.2) is 17.2 Å². The van der Waals surface area contributed by atoms with Crippen LogP contribution in [0.4, 0.5) is 49.7 Å². The molecule has 2 amide bonds. The van der Waals surface area contributed by atoms with Crippen LogP contribution in [-0.4, -0.2) is 68.3 Å². The molecule has 3 heterocycles. The number of nitrogens with one attached hydrogen (secondary N) is 1. The van der Waals surface area contributed by atoms with Gasteiger partial charge in [-0.05, 0) is 68.4 Å². The normalized spacial score (nSPS) is 20.5. The van der Waals surface area contributed by atoms with Crippen molar-refractivity contribution < 1.29 is 71.8 Å². The molecule has 0 spiro atoms. The molecule has 8 rings (SSSR count). The summed E-state index contributed by atoms with van der Waals surface area (Å²) >= 11 is 6.59. The van der Waals surface area contributed by atoms with E-state index in [2.05, 4.69) is 20.5 Å². The van der Waals surface area contributed by atoms with Gasteiger partial charge in [-0.1, -0.05) is 23.7 Å². The summed E-state index contributed by atoms with van der Waals surface area (Å²) in [6, 6.07) is 5.62. The van der Waals surface area contributed by atoms with E-state index in [1.54, 1.807) is 0 Å². The zero-order chi connectivity index (χ0) is 47.5. The number of fused-ring (bicyclic) bond motifs is 4. The summed E-state index contributed by atoms with van der Waals surface area (Å²) in [5, 5.41) is 18.2. The van der Waals surface area contributed by atoms with Gasteiger partial charge in [0.1, 0.15) is 30.4 Å². The van der Waals surface area contributed by atoms with Crippen molar-refractivity contribution in [2.75, 3.05) is 10.6 Å². The number of benzene rings is 2. The van der Waals surface area contributed by atoms with Crippen LogP contribution in [-0.2, 0) is 56.0 Å². The number of carbonyl (C=O) groups is 3. The van der Waals surface area contributed by atoms with Crippen molar-refractivity contribution in [2.24, 2.45) is 17.8 Å². The summed E-state index contributed by atoms with van der Waals surface area (Å²) in [5.41, 5.74) is -4.58. The van der Waals surface area contributed by atoms with Crippen LogP contribution in [0.3, 0.4) is 0 Å². The molecule has 2 fully saturated rings. The summed E-state index contributed by atoms with van der Waals surface area (Å²) in [6.07, 6.45) is -11.1. The number of hydrogen-bond acceptors (Lipinski definition) is 8. The van der Waals surface area contributed by atoms with Crippen molar-refractivity contribution in [3.63, 3.8) is 0 Å². The highest BCUT2D eigenvalue weighted by molar-refractivity contribution is 7.92. The van der Waals surface area contributed by atoms with E-state index in [1.807, 2.05) is 0 Å². The van der Waals surface area contributed by atoms with Crippen LogP contribution in [0.5, 0.6) is 0 Å². The zero-order valence-electron chi connectivity index (χ0n) is 33.4. The first-order chi connectivity index (χ1) is 30.1. The largest absolute Gasteiger partial charge is 0.481 e. The van der Waals surface area contributed by atoms with E-state index in [0.717, 1.165) is 18.2 Å². The molecular formula is C40H32ClF10N7O6S. The molecule has 0 bridgehead atoms. The maximum Gasteiger partial charge on any atom is 0.435 e. The molecule has 25 heteroatoms. The van der Waals surface area contributed by atoms with Crippen LogP contribution < -0.4 is 9.62 Å². The number of anilines is 1. The third-order valence-electron chi connectivity index (χ3n) is 11.6. The Bertz CT molecular complexity index is 2910. The first-order valence-electron chi connectivity index (χ1n) is 19.4. The molecule has 0 radical (unpaired) electrons. The SMILES string of the molecule is Cc1ccc(-c2ccc(Cl)c3c(N(C(=O)C4CC(C(=O)O)C4)S(C)(=O)=O)nn(CC(F)(F)F)c23)c([C@H](Cc2cc(F)cc(F)c2)NC(=O)Cn2nc(C(F)(F)F)c3c2C(F)(F)[C@@H]2C[C@H]32)n1. The lowest BCUT2D eigenvalue weighted by Crippen LogP contribution is -2.46. The Morgan fingerprint density at radius 2 is 1.60 bits per heavy atom. The summed E-state index contributed by atoms with van der Waals surface area (Å²) < 4.78 is 173. The van der Waals surface area contributed by atoms with Gasteiger partial charge in [-0.2, -0.15) is 49.6 Å². The van der Waals surface area contributed by atoms with Crippen molar-refractivity contribution in [3.8, 4) is 11.1 Å². The van der Waals surface area contributed by atoms with E-state index in [1.165, 1.54) is 25.1 Å². The second-order valence-electron chi connectivity index (χ2n) is 16.3. The number of hydrogen-bond donors (Lipinski definition) is 2. The van der Waals surface area contributed by atoms with E-state index < -0.39 is 146 Å². The number of aliphatic carboxylic acids is 1. The lowest BCUT2D eigenvalue weighted by molar-refractivity contribution is -0.148. The molecule has 2 N–H and O–H groups in total. The number of halogens is 11. The van der Waals surface area contributed by atoms with Gasteiger partial charge >= 0.3 is 18.3 Å². The van der Waals surface area contributed by atoms with Crippen molar-refractivity contribution >= 4 is 56.1 Å². The fraction of sp³-hybridized carbons (Fsp3) is 0.400. The number of carboxylic acids is 1. The fourth-order valence-electron chi connectivity index (χ4n) is 8.74. The lowest BCUT2D eigenvalue weighted by atomic mass is 9.74. The minimum Gasteiger partial charge on any atom is -0.481 e. The first-order valence-corrected chi connectivity index (χ1v) is 21.7. The number of pyridine rings is 1. The zero-order valence-corrected chi connectivity index (χ0v) is 35.0. The average Bonchev–Trinajstić information content (AvgIpc) is 3.65. The highest BCUT2D eigenvalue weighted by Gasteiger charge is 2.68. The number of nitrogens with zero attached hydrogens (tertiary/aromatic N) is 6. The van der Waals surface area contributed by atoms with E-state index >= 15 is 8.78 Å². The van der Waals surface area contributed by atoms with Gasteiger partial charge in [0, 0.05) is 40.3 Å². The molecule has 0 aliphatic heterocycles. The van der Waals surface area contributed by atoms with E-state index in [4.69, 9.17) is 11.6 Å². The number of rotatable bonds is 12. The maximum absolute atomic E-state index is 15.4. The molecule has 346 valence electrons. The van der Waals surface area contributed by atoms with Crippen molar-refractivity contribution in [3.05, 3.63) is 93.0 Å². The van der Waals surface area contributed by atoms with Crippen molar-refractivity contribution in [2.45, 2.75) is 75.9 Å². The molecule has 2 aromatic carbocycles. The Labute approximate surface area is 365 Å². The molecule has 2 saturated carbocycles. The fourth-order valence-corrected chi connectivity index (χ4v) is 9.89. The van der Waals surface area contributed by atoms with Crippen LogP contribution in [0.15, 0.2) is 42.5 Å². The number of amides is 2. The van der Waals surface area contributed by atoms with Gasteiger partial charge in [0.05, 0.1) is 39.8 Å². The second-order valence-corrected chi connectivity index (χ2v) is 18.5. The third kappa shape index (κ3) is 8.49. The number of alkyl halides is 8. The van der Waals surface area contributed by atoms with Crippen LogP contribution in [0.25, 0.3) is 22.0 Å². The Morgan fingerprint density at radius 1 is 0.954 bits per heavy atom. The van der Waals surface area contributed by atoms with Gasteiger partial charge in [0.25, 0.3) is 5.92 Å². The number of carboxylic acid groups (broad SMARTS) is 1. The van der Waals surface area contributed by atoms with Crippen LogP contribution in [0.1, 0.15) is 65.1 Å². The van der Waals surface area contributed by atoms with Crippen LogP contribution in [0.2, 0.25) is 5.02 Å². The molecule has 0 unspecified atom stereocenters. The van der Waals surface area contributed by atoms with Gasteiger partial charge in [0.15, 0.2) is 11.5 Å². The molecule has 3 aliphatic rings. The molecule has 13 nitrogen and oxygen atoms in total. The second kappa shape index (κ2) is 15.7. The molecule has 3 aliphatic carbocycles. The van der Waals surface area contributed by atoms with E-state index in [0.29, 0.717) is 17.0 Å². The smallest absolute Gasteiger partial charge is 0.435 e. The van der Waals surface area contributed by atoms with E-state index in [9.17, 15) is 63.0 Å². The third-order valence-corrected chi connectivity index (χ3v) is 12.9. The average molecular weight is 964 g/mol. The molecule has 0 saturated heterocycles. The number of sulfonamides is 1. The Balaban J connectivity index is 1.27. The van der Waals surface area contributed by atoms with Gasteiger partial charge < -0.3 is 10.4 Å². The highest BCUT2D eigenvalue weighted by Crippen LogP contribution is 2.68. The number of aromatic nitrogens is 5. The van der Waals surface area contributed by atoms with Gasteiger partial charge in [0.2, 0.25) is 21.8 Å². The van der Waals surface area contributed by atoms with E-state index in [-0.39, 0.29) is 56.3 Å². The summed E-state index contributed by atoms with van der Waals surface area (Å²) in [4.78, 5) is 43.7. The number of aryl methyl sites for hydroxylation is 1. The van der Waals surface area contributed by atoms with Crippen molar-refractivity contribution in [1.82, 2.24) is 29.9 Å². The summed E-state index contributed by atoms with van der Waals surface area (Å²) in [6.45, 7) is -1.69. The standard InChI is InChI=1S/C40H32ClF10N7O6S/c1-16-3-4-22(23-5-6-26(41)30-32(23)57(15-38(44,45)46)55-35(30)58(65(2,63)64)36(60)18-10-19(11-18)37(61)62)31(52-16)27(9-17-7-20(42)12-21(43)8-17)53-28(59)14-56-34-29(33(54-56)40(49,50)51)24-13-25(24)39(34,47)48/h3-8,12,18-19,24-25,27H,9-11,13-15H2,1-2H3,(H,53,59)(H,61,62)/t18?,19?,24-,25+,27-/m0/s1. The lowest BCUT2D eigenvalue weighted by Gasteiger charge is -2.33. The van der Waals surface area contributed by atoms with Crippen molar-refractivity contribution in [1.29, 1.82) is 0 Å². The van der Waals surface area contributed by atoms with Gasteiger partial charge in [-0.3, -0.25) is 28.7 Å². The maximum atomic E-state index is 15.4. The number of carbonyl (C=O) groups excluding carboxylic acids is 2. The Morgan fingerprint density at radius 3 is 2.20 bits per heavy atom. The Hall–Kier alpha value is -5.78. The molecule has 65 heavy (non-hydrogen) atoms. The molecule has 5 aromatic rings. The monoisotopic (exact) mass is 963 g/mol. The molecule has 3 atom stereocenters. The topological polar surface area (TPSA) is 169 Å². The molecular weight excluding hydrogens is 932 g/mol. The Kier molecular flexibility index (Phi) is 11.1. The minimum absolute atomic E-state index is 0.139. The summed E-state index contributed by atoms with van der Waals surface area (Å²) in [7, 11) is -4.74. The van der Waals surface area contributed by atoms with Crippen LogP contribution in [0, 0.1) is 36.3 Å². The first kappa shape index (κ1) is 45.8. The quantitative estimate of drug-likeness (QED) is 0.118. The predicted octanol–water partition coefficient (Wildman–Crippen LogP) is 7.83. The minimum atomic E-state index is -5.17. The predicted molar refractivity (Wildman–Crippen MR) is 208 cm³/mol. The van der Waals surface area contributed by atoms with Crippen LogP contribution >= 0.6 is 11.6 Å². The summed E-state index contributed by atoms with van der Waals surface area (Å²) in [5.74, 6) is -15.3. The highest BCUT2D eigenvalue weighted by atomic mass is 35.5.